The van der Waals surface area contributed by atoms with Gasteiger partial charge in [0.2, 0.25) is 0 Å². The monoisotopic (exact) mass is 263 g/mol. The number of methoxy groups -OCH3 is 1. The molecule has 0 N–H and O–H groups in total. The molecule has 1 aromatic rings. The van der Waals surface area contributed by atoms with Crippen molar-refractivity contribution in [1.82, 2.24) is 0 Å². The van der Waals surface area contributed by atoms with Gasteiger partial charge in [-0.2, -0.15) is 0 Å². The molecule has 2 atom stereocenters. The Bertz CT molecular complexity index is 414. The lowest BCUT2D eigenvalue weighted by atomic mass is 9.88. The van der Waals surface area contributed by atoms with Crippen LogP contribution in [0, 0.1) is 5.92 Å². The van der Waals surface area contributed by atoms with Crippen LogP contribution in [0.15, 0.2) is 24.3 Å². The molecule has 0 amide bonds. The summed E-state index contributed by atoms with van der Waals surface area (Å²) < 4.78 is 16.7. The van der Waals surface area contributed by atoms with Crippen LogP contribution in [-0.2, 0) is 9.47 Å². The van der Waals surface area contributed by atoms with Crippen LogP contribution in [0.2, 0.25) is 0 Å². The number of ether oxygens (including phenoxy) is 3. The van der Waals surface area contributed by atoms with E-state index in [-0.39, 0.29) is 6.29 Å². The predicted molar refractivity (Wildman–Crippen MR) is 73.6 cm³/mol. The van der Waals surface area contributed by atoms with Gasteiger partial charge in [-0.05, 0) is 36.6 Å². The van der Waals surface area contributed by atoms with Crippen molar-refractivity contribution in [3.8, 4) is 5.75 Å². The second-order valence-corrected chi connectivity index (χ2v) is 5.28. The maximum atomic E-state index is 5.76. The molecule has 2 saturated heterocycles. The second kappa shape index (κ2) is 5.39. The maximum absolute atomic E-state index is 5.76. The van der Waals surface area contributed by atoms with Crippen molar-refractivity contribution in [3.05, 3.63) is 24.3 Å². The SMILES string of the molecule is COc1ccc(N2C[C@@H](C)[C@H]2C2OCCCO2)cc1. The molecule has 19 heavy (non-hydrogen) atoms. The molecule has 0 aromatic heterocycles. The lowest BCUT2D eigenvalue weighted by Crippen LogP contribution is -2.62. The Morgan fingerprint density at radius 1 is 1.16 bits per heavy atom. The van der Waals surface area contributed by atoms with Gasteiger partial charge in [0.15, 0.2) is 6.29 Å². The van der Waals surface area contributed by atoms with E-state index in [1.807, 2.05) is 12.1 Å². The first-order chi connectivity index (χ1) is 9.29. The summed E-state index contributed by atoms with van der Waals surface area (Å²) in [5.74, 6) is 1.49. The largest absolute Gasteiger partial charge is 0.497 e. The summed E-state index contributed by atoms with van der Waals surface area (Å²) in [7, 11) is 1.69. The van der Waals surface area contributed by atoms with Gasteiger partial charge < -0.3 is 19.1 Å². The maximum Gasteiger partial charge on any atom is 0.178 e. The zero-order valence-electron chi connectivity index (χ0n) is 11.5. The van der Waals surface area contributed by atoms with Gasteiger partial charge in [0.1, 0.15) is 5.75 Å². The quantitative estimate of drug-likeness (QED) is 0.837. The normalized spacial score (nSPS) is 28.0. The van der Waals surface area contributed by atoms with E-state index in [1.54, 1.807) is 7.11 Å². The molecule has 0 radical (unpaired) electrons. The topological polar surface area (TPSA) is 30.9 Å². The average molecular weight is 263 g/mol. The highest BCUT2D eigenvalue weighted by molar-refractivity contribution is 5.52. The smallest absolute Gasteiger partial charge is 0.178 e. The number of benzene rings is 1. The number of rotatable bonds is 3. The van der Waals surface area contributed by atoms with Crippen molar-refractivity contribution >= 4 is 5.69 Å². The van der Waals surface area contributed by atoms with Crippen molar-refractivity contribution in [2.24, 2.45) is 5.92 Å². The number of nitrogens with zero attached hydrogens (tertiary/aromatic N) is 1. The molecule has 2 aliphatic rings. The highest BCUT2D eigenvalue weighted by Gasteiger charge is 2.43. The lowest BCUT2D eigenvalue weighted by Gasteiger charge is -2.51. The highest BCUT2D eigenvalue weighted by atomic mass is 16.7. The summed E-state index contributed by atoms with van der Waals surface area (Å²) in [5, 5.41) is 0. The molecule has 0 saturated carbocycles. The van der Waals surface area contributed by atoms with Crippen LogP contribution in [0.25, 0.3) is 0 Å². The Morgan fingerprint density at radius 2 is 1.84 bits per heavy atom. The van der Waals surface area contributed by atoms with E-state index in [9.17, 15) is 0 Å². The van der Waals surface area contributed by atoms with Crippen LogP contribution in [0.5, 0.6) is 5.75 Å². The molecule has 0 spiro atoms. The molecule has 0 unspecified atom stereocenters. The molecular weight excluding hydrogens is 242 g/mol. The third-order valence-corrected chi connectivity index (χ3v) is 3.96. The highest BCUT2D eigenvalue weighted by Crippen LogP contribution is 2.35. The Labute approximate surface area is 114 Å². The number of hydrogen-bond donors (Lipinski definition) is 0. The fourth-order valence-corrected chi connectivity index (χ4v) is 2.88. The van der Waals surface area contributed by atoms with Crippen molar-refractivity contribution in [2.75, 3.05) is 31.8 Å². The molecular formula is C15H21NO3. The molecule has 0 aliphatic carbocycles. The van der Waals surface area contributed by atoms with E-state index in [1.165, 1.54) is 5.69 Å². The molecule has 2 fully saturated rings. The standard InChI is InChI=1S/C15H21NO3/c1-11-10-16(12-4-6-13(17-2)7-5-12)14(11)15-18-8-3-9-19-15/h4-7,11,14-15H,3,8-10H2,1-2H3/t11-,14+/m1/s1. The van der Waals surface area contributed by atoms with E-state index in [2.05, 4.69) is 24.0 Å². The van der Waals surface area contributed by atoms with Gasteiger partial charge in [0.05, 0.1) is 26.4 Å². The molecule has 4 heteroatoms. The molecule has 104 valence electrons. The zero-order chi connectivity index (χ0) is 13.2. The Balaban J connectivity index is 1.72. The Morgan fingerprint density at radius 3 is 2.42 bits per heavy atom. The molecule has 1 aromatic carbocycles. The summed E-state index contributed by atoms with van der Waals surface area (Å²) in [6.45, 7) is 4.93. The van der Waals surface area contributed by atoms with Crippen LogP contribution < -0.4 is 9.64 Å². The summed E-state index contributed by atoms with van der Waals surface area (Å²) in [6, 6.07) is 8.52. The molecule has 2 heterocycles. The van der Waals surface area contributed by atoms with Crippen molar-refractivity contribution in [2.45, 2.75) is 25.7 Å². The van der Waals surface area contributed by atoms with Gasteiger partial charge in [-0.15, -0.1) is 0 Å². The molecule has 0 bridgehead atoms. The van der Waals surface area contributed by atoms with E-state index >= 15 is 0 Å². The minimum Gasteiger partial charge on any atom is -0.497 e. The first-order valence-corrected chi connectivity index (χ1v) is 6.93. The Hall–Kier alpha value is -1.26. The van der Waals surface area contributed by atoms with E-state index in [0.717, 1.165) is 31.9 Å². The van der Waals surface area contributed by atoms with Gasteiger partial charge in [-0.1, -0.05) is 6.92 Å². The second-order valence-electron chi connectivity index (χ2n) is 5.28. The first-order valence-electron chi connectivity index (χ1n) is 6.93. The third kappa shape index (κ3) is 2.42. The zero-order valence-corrected chi connectivity index (χ0v) is 11.5. The molecule has 4 nitrogen and oxygen atoms in total. The van der Waals surface area contributed by atoms with Crippen molar-refractivity contribution < 1.29 is 14.2 Å². The van der Waals surface area contributed by atoms with Crippen molar-refractivity contribution in [1.29, 1.82) is 0 Å². The minimum atomic E-state index is -0.0837. The van der Waals surface area contributed by atoms with E-state index < -0.39 is 0 Å². The third-order valence-electron chi connectivity index (χ3n) is 3.96. The van der Waals surface area contributed by atoms with Gasteiger partial charge >= 0.3 is 0 Å². The van der Waals surface area contributed by atoms with Gasteiger partial charge in [-0.3, -0.25) is 0 Å². The van der Waals surface area contributed by atoms with Crippen LogP contribution in [-0.4, -0.2) is 39.2 Å². The minimum absolute atomic E-state index is 0.0837. The number of hydrogen-bond acceptors (Lipinski definition) is 4. The summed E-state index contributed by atoms with van der Waals surface area (Å²) in [4.78, 5) is 2.36. The summed E-state index contributed by atoms with van der Waals surface area (Å²) in [5.41, 5.74) is 1.21. The average Bonchev–Trinajstić information content (AvgIpc) is 2.46. The summed E-state index contributed by atoms with van der Waals surface area (Å²) >= 11 is 0. The first kappa shape index (κ1) is 12.8. The van der Waals surface area contributed by atoms with Gasteiger partial charge in [-0.25, -0.2) is 0 Å². The predicted octanol–water partition coefficient (Wildman–Crippen LogP) is 2.28. The fourth-order valence-electron chi connectivity index (χ4n) is 2.88. The van der Waals surface area contributed by atoms with Gasteiger partial charge in [0, 0.05) is 12.2 Å². The van der Waals surface area contributed by atoms with Crippen LogP contribution in [0.4, 0.5) is 5.69 Å². The van der Waals surface area contributed by atoms with Crippen LogP contribution >= 0.6 is 0 Å². The number of anilines is 1. The Kier molecular flexibility index (Phi) is 3.62. The molecule has 2 aliphatic heterocycles. The van der Waals surface area contributed by atoms with E-state index in [0.29, 0.717) is 12.0 Å². The lowest BCUT2D eigenvalue weighted by molar-refractivity contribution is -0.202. The van der Waals surface area contributed by atoms with Gasteiger partial charge in [0.25, 0.3) is 0 Å². The molecule has 3 rings (SSSR count). The van der Waals surface area contributed by atoms with E-state index in [4.69, 9.17) is 14.2 Å². The van der Waals surface area contributed by atoms with Crippen molar-refractivity contribution in [3.63, 3.8) is 0 Å². The summed E-state index contributed by atoms with van der Waals surface area (Å²) in [6.07, 6.45) is 0.916. The van der Waals surface area contributed by atoms with Crippen LogP contribution in [0.1, 0.15) is 13.3 Å². The fraction of sp³-hybridized carbons (Fsp3) is 0.600. The van der Waals surface area contributed by atoms with Crippen LogP contribution in [0.3, 0.4) is 0 Å².